The van der Waals surface area contributed by atoms with E-state index in [-0.39, 0.29) is 5.91 Å². The molecule has 2 aromatic rings. The molecular weight excluding hydrogens is 264 g/mol. The zero-order valence-electron chi connectivity index (χ0n) is 12.6. The lowest BCUT2D eigenvalue weighted by Gasteiger charge is -2.06. The third kappa shape index (κ3) is 4.63. The lowest BCUT2D eigenvalue weighted by molar-refractivity contribution is -0.119. The van der Waals surface area contributed by atoms with Crippen LogP contribution in [0.15, 0.2) is 36.7 Å². The Bertz CT molecular complexity index is 574. The van der Waals surface area contributed by atoms with Gasteiger partial charge in [-0.25, -0.2) is 0 Å². The summed E-state index contributed by atoms with van der Waals surface area (Å²) in [5.74, 6) is 0.0269. The minimum absolute atomic E-state index is 0.0269. The summed E-state index contributed by atoms with van der Waals surface area (Å²) in [4.78, 5) is 11.3. The van der Waals surface area contributed by atoms with Crippen LogP contribution in [-0.2, 0) is 24.3 Å². The maximum atomic E-state index is 11.3. The van der Waals surface area contributed by atoms with Crippen LogP contribution in [0.1, 0.15) is 24.5 Å². The van der Waals surface area contributed by atoms with Crippen molar-refractivity contribution in [3.05, 3.63) is 47.8 Å². The molecule has 0 aliphatic heterocycles. The van der Waals surface area contributed by atoms with Gasteiger partial charge in [-0.3, -0.25) is 9.48 Å². The number of carbonyl (C=O) groups is 1. The van der Waals surface area contributed by atoms with Crippen LogP contribution >= 0.6 is 0 Å². The van der Waals surface area contributed by atoms with E-state index in [1.54, 1.807) is 7.05 Å². The van der Waals surface area contributed by atoms with Gasteiger partial charge in [0.2, 0.25) is 5.91 Å². The molecule has 5 heteroatoms. The first-order chi connectivity index (χ1) is 10.2. The van der Waals surface area contributed by atoms with E-state index < -0.39 is 0 Å². The van der Waals surface area contributed by atoms with Gasteiger partial charge in [0.1, 0.15) is 0 Å². The highest BCUT2D eigenvalue weighted by molar-refractivity contribution is 5.78. The number of hydrogen-bond acceptors (Lipinski definition) is 3. The van der Waals surface area contributed by atoms with Gasteiger partial charge in [0.25, 0.3) is 0 Å². The van der Waals surface area contributed by atoms with Crippen LogP contribution in [0.3, 0.4) is 0 Å². The molecule has 1 amide bonds. The maximum Gasteiger partial charge on any atom is 0.224 e. The van der Waals surface area contributed by atoms with Crippen molar-refractivity contribution in [3.63, 3.8) is 0 Å². The van der Waals surface area contributed by atoms with Gasteiger partial charge in [-0.2, -0.15) is 5.10 Å². The Morgan fingerprint density at radius 2 is 2.00 bits per heavy atom. The van der Waals surface area contributed by atoms with E-state index in [1.165, 1.54) is 0 Å². The number of likely N-dealkylation sites (N-methyl/N-ethyl adjacent to an activating group) is 1. The molecule has 21 heavy (non-hydrogen) atoms. The number of aromatic nitrogens is 2. The van der Waals surface area contributed by atoms with Crippen molar-refractivity contribution in [1.29, 1.82) is 0 Å². The first-order valence-electron chi connectivity index (χ1n) is 7.26. The van der Waals surface area contributed by atoms with Crippen LogP contribution in [-0.4, -0.2) is 22.7 Å². The van der Waals surface area contributed by atoms with Crippen LogP contribution < -0.4 is 10.6 Å². The van der Waals surface area contributed by atoms with Crippen molar-refractivity contribution in [2.45, 2.75) is 32.9 Å². The minimum atomic E-state index is 0.0269. The quantitative estimate of drug-likeness (QED) is 0.820. The molecule has 0 spiro atoms. The number of benzene rings is 1. The molecule has 1 heterocycles. The number of amides is 1. The standard InChI is InChI=1S/C16H22N4O/c1-3-8-20-12-14(11-19-20)10-18-15-6-4-13(5-7-15)9-16(21)17-2/h4-7,11-12,18H,3,8-10H2,1-2H3,(H,17,21). The summed E-state index contributed by atoms with van der Waals surface area (Å²) in [5, 5.41) is 10.3. The zero-order valence-corrected chi connectivity index (χ0v) is 12.6. The highest BCUT2D eigenvalue weighted by atomic mass is 16.1. The van der Waals surface area contributed by atoms with E-state index in [2.05, 4.69) is 28.9 Å². The topological polar surface area (TPSA) is 59.0 Å². The predicted octanol–water partition coefficient (Wildman–Crippen LogP) is 2.19. The van der Waals surface area contributed by atoms with Gasteiger partial charge >= 0.3 is 0 Å². The van der Waals surface area contributed by atoms with Crippen molar-refractivity contribution >= 4 is 11.6 Å². The zero-order chi connectivity index (χ0) is 15.1. The van der Waals surface area contributed by atoms with Crippen molar-refractivity contribution in [1.82, 2.24) is 15.1 Å². The molecule has 5 nitrogen and oxygen atoms in total. The summed E-state index contributed by atoms with van der Waals surface area (Å²) in [5.41, 5.74) is 3.22. The number of carbonyl (C=O) groups excluding carboxylic acids is 1. The lowest BCUT2D eigenvalue weighted by Crippen LogP contribution is -2.19. The van der Waals surface area contributed by atoms with E-state index >= 15 is 0 Å². The highest BCUT2D eigenvalue weighted by Gasteiger charge is 2.01. The molecule has 0 atom stereocenters. The second kappa shape index (κ2) is 7.47. The van der Waals surface area contributed by atoms with Gasteiger partial charge in [-0.15, -0.1) is 0 Å². The van der Waals surface area contributed by atoms with Crippen LogP contribution in [0, 0.1) is 0 Å². The molecule has 0 unspecified atom stereocenters. The summed E-state index contributed by atoms with van der Waals surface area (Å²) < 4.78 is 1.96. The van der Waals surface area contributed by atoms with Crippen molar-refractivity contribution in [2.24, 2.45) is 0 Å². The minimum Gasteiger partial charge on any atom is -0.381 e. The molecule has 0 saturated heterocycles. The number of aryl methyl sites for hydroxylation is 1. The average Bonchev–Trinajstić information content (AvgIpc) is 2.94. The Morgan fingerprint density at radius 3 is 2.67 bits per heavy atom. The van der Waals surface area contributed by atoms with Gasteiger partial charge in [-0.05, 0) is 24.1 Å². The number of rotatable bonds is 7. The van der Waals surface area contributed by atoms with E-state index in [0.717, 1.165) is 36.3 Å². The molecule has 1 aromatic heterocycles. The fourth-order valence-electron chi connectivity index (χ4n) is 2.07. The van der Waals surface area contributed by atoms with E-state index in [0.29, 0.717) is 6.42 Å². The smallest absolute Gasteiger partial charge is 0.224 e. The first-order valence-corrected chi connectivity index (χ1v) is 7.26. The van der Waals surface area contributed by atoms with Gasteiger partial charge in [0.05, 0.1) is 12.6 Å². The Morgan fingerprint density at radius 1 is 1.24 bits per heavy atom. The molecule has 0 bridgehead atoms. The lowest BCUT2D eigenvalue weighted by atomic mass is 10.1. The van der Waals surface area contributed by atoms with Gasteiger partial charge in [0, 0.05) is 37.6 Å². The summed E-state index contributed by atoms with van der Waals surface area (Å²) in [6, 6.07) is 7.93. The summed E-state index contributed by atoms with van der Waals surface area (Å²) >= 11 is 0. The first kappa shape index (κ1) is 15.1. The van der Waals surface area contributed by atoms with Crippen LogP contribution in [0.2, 0.25) is 0 Å². The predicted molar refractivity (Wildman–Crippen MR) is 84.1 cm³/mol. The molecule has 0 fully saturated rings. The normalized spacial score (nSPS) is 10.4. The van der Waals surface area contributed by atoms with Crippen LogP contribution in [0.5, 0.6) is 0 Å². The molecule has 0 aliphatic carbocycles. The van der Waals surface area contributed by atoms with Crippen LogP contribution in [0.25, 0.3) is 0 Å². The third-order valence-corrected chi connectivity index (χ3v) is 3.23. The number of nitrogens with one attached hydrogen (secondary N) is 2. The molecule has 1 aromatic carbocycles. The molecule has 2 N–H and O–H groups in total. The second-order valence-corrected chi connectivity index (χ2v) is 5.01. The van der Waals surface area contributed by atoms with Gasteiger partial charge < -0.3 is 10.6 Å². The third-order valence-electron chi connectivity index (χ3n) is 3.23. The molecule has 2 rings (SSSR count). The Balaban J connectivity index is 1.86. The monoisotopic (exact) mass is 286 g/mol. The second-order valence-electron chi connectivity index (χ2n) is 5.01. The van der Waals surface area contributed by atoms with E-state index in [4.69, 9.17) is 0 Å². The Labute approximate surface area is 125 Å². The number of hydrogen-bond donors (Lipinski definition) is 2. The van der Waals surface area contributed by atoms with Crippen LogP contribution in [0.4, 0.5) is 5.69 Å². The number of anilines is 1. The fourth-order valence-corrected chi connectivity index (χ4v) is 2.07. The van der Waals surface area contributed by atoms with E-state index in [1.807, 2.05) is 35.1 Å². The summed E-state index contributed by atoms with van der Waals surface area (Å²) in [6.45, 7) is 3.84. The average molecular weight is 286 g/mol. The Hall–Kier alpha value is -2.30. The van der Waals surface area contributed by atoms with Crippen molar-refractivity contribution < 1.29 is 4.79 Å². The molecule has 0 saturated carbocycles. The highest BCUT2D eigenvalue weighted by Crippen LogP contribution is 2.11. The van der Waals surface area contributed by atoms with Gasteiger partial charge in [0.15, 0.2) is 0 Å². The molecule has 0 radical (unpaired) electrons. The SMILES string of the molecule is CCCn1cc(CNc2ccc(CC(=O)NC)cc2)cn1. The maximum absolute atomic E-state index is 11.3. The van der Waals surface area contributed by atoms with Crippen molar-refractivity contribution in [2.75, 3.05) is 12.4 Å². The van der Waals surface area contributed by atoms with Crippen molar-refractivity contribution in [3.8, 4) is 0 Å². The molecular formula is C16H22N4O. The number of nitrogens with zero attached hydrogens (tertiary/aromatic N) is 2. The van der Waals surface area contributed by atoms with Gasteiger partial charge in [-0.1, -0.05) is 19.1 Å². The Kier molecular flexibility index (Phi) is 5.37. The molecule has 112 valence electrons. The summed E-state index contributed by atoms with van der Waals surface area (Å²) in [7, 11) is 1.65. The molecule has 0 aliphatic rings. The largest absolute Gasteiger partial charge is 0.381 e. The summed E-state index contributed by atoms with van der Waals surface area (Å²) in [6.07, 6.45) is 5.46. The van der Waals surface area contributed by atoms with E-state index in [9.17, 15) is 4.79 Å². The fraction of sp³-hybridized carbons (Fsp3) is 0.375.